The number of carbonyl (C=O) groups excluding carboxylic acids is 1. The summed E-state index contributed by atoms with van der Waals surface area (Å²) in [6, 6.07) is 14.4. The van der Waals surface area contributed by atoms with Crippen molar-refractivity contribution < 1.29 is 26.4 Å². The maximum Gasteiger partial charge on any atom is 0.501 e. The fourth-order valence-corrected chi connectivity index (χ4v) is 6.55. The van der Waals surface area contributed by atoms with Crippen LogP contribution in [-0.4, -0.2) is 80.3 Å². The molecule has 2 heterocycles. The third-order valence-corrected chi connectivity index (χ3v) is 9.63. The molecule has 214 valence electrons. The van der Waals surface area contributed by atoms with Crippen molar-refractivity contribution in [3.8, 4) is 0 Å². The number of rotatable bonds is 7. The van der Waals surface area contributed by atoms with Crippen molar-refractivity contribution in [1.82, 2.24) is 14.7 Å². The predicted octanol–water partition coefficient (Wildman–Crippen LogP) is 4.97. The van der Waals surface area contributed by atoms with E-state index in [1.54, 1.807) is 0 Å². The van der Waals surface area contributed by atoms with Crippen molar-refractivity contribution in [1.29, 1.82) is 0 Å². The first-order valence-electron chi connectivity index (χ1n) is 13.6. The van der Waals surface area contributed by atoms with Gasteiger partial charge in [-0.05, 0) is 68.1 Å². The molecule has 0 bridgehead atoms. The number of sulfone groups is 1. The maximum absolute atomic E-state index is 13.4. The molecule has 0 radical (unpaired) electrons. The van der Waals surface area contributed by atoms with Crippen LogP contribution in [0.15, 0.2) is 59.5 Å². The van der Waals surface area contributed by atoms with E-state index >= 15 is 0 Å². The van der Waals surface area contributed by atoms with Gasteiger partial charge < -0.3 is 9.80 Å². The van der Waals surface area contributed by atoms with Gasteiger partial charge in [0.05, 0.1) is 10.9 Å². The van der Waals surface area contributed by atoms with Crippen LogP contribution in [0, 0.1) is 11.8 Å². The first kappa shape index (κ1) is 29.6. The summed E-state index contributed by atoms with van der Waals surface area (Å²) in [7, 11) is -3.31. The van der Waals surface area contributed by atoms with Gasteiger partial charge in [0.15, 0.2) is 0 Å². The van der Waals surface area contributed by atoms with Crippen LogP contribution in [0.3, 0.4) is 0 Å². The number of halogens is 3. The SMILES string of the molecule is CC(C)C1CN(C(c2ccccc2)c2ccc(S(=O)(=O)C(F)(F)F)cc2)CCN1C(=O)CC1CCN(C)CC1. The molecule has 2 fully saturated rings. The van der Waals surface area contributed by atoms with E-state index in [2.05, 4.69) is 30.7 Å². The number of likely N-dealkylation sites (tertiary alicyclic amines) is 1. The summed E-state index contributed by atoms with van der Waals surface area (Å²) >= 11 is 0. The highest BCUT2D eigenvalue weighted by Crippen LogP contribution is 2.35. The molecule has 0 aromatic heterocycles. The number of amides is 1. The Bertz CT molecular complexity index is 1210. The third kappa shape index (κ3) is 6.66. The summed E-state index contributed by atoms with van der Waals surface area (Å²) in [5.74, 6) is 0.814. The Kier molecular flexibility index (Phi) is 9.08. The zero-order valence-corrected chi connectivity index (χ0v) is 23.6. The summed E-state index contributed by atoms with van der Waals surface area (Å²) < 4.78 is 63.1. The Morgan fingerprint density at radius 3 is 2.08 bits per heavy atom. The number of alkyl halides is 3. The number of piperidine rings is 1. The molecule has 2 aromatic carbocycles. The van der Waals surface area contributed by atoms with Crippen molar-refractivity contribution in [2.45, 2.75) is 55.6 Å². The molecule has 0 aliphatic carbocycles. The molecule has 2 saturated heterocycles. The van der Waals surface area contributed by atoms with Gasteiger partial charge >= 0.3 is 5.51 Å². The van der Waals surface area contributed by atoms with Gasteiger partial charge in [-0.25, -0.2) is 8.42 Å². The van der Waals surface area contributed by atoms with Crippen molar-refractivity contribution in [2.75, 3.05) is 39.8 Å². The van der Waals surface area contributed by atoms with Crippen LogP contribution in [0.4, 0.5) is 13.2 Å². The second-order valence-electron chi connectivity index (χ2n) is 11.2. The average molecular weight is 566 g/mol. The smallest absolute Gasteiger partial charge is 0.337 e. The summed E-state index contributed by atoms with van der Waals surface area (Å²) in [6.45, 7) is 8.03. The molecule has 6 nitrogen and oxygen atoms in total. The molecular formula is C29H38F3N3O3S. The fraction of sp³-hybridized carbons (Fsp3) is 0.552. The van der Waals surface area contributed by atoms with Gasteiger partial charge in [-0.2, -0.15) is 13.2 Å². The normalized spacial score (nSPS) is 21.3. The zero-order chi connectivity index (χ0) is 28.4. The first-order valence-corrected chi connectivity index (χ1v) is 15.0. The molecule has 0 N–H and O–H groups in total. The number of carbonyl (C=O) groups is 1. The quantitative estimate of drug-likeness (QED) is 0.475. The van der Waals surface area contributed by atoms with E-state index in [4.69, 9.17) is 0 Å². The van der Waals surface area contributed by atoms with Gasteiger partial charge in [0, 0.05) is 32.1 Å². The highest BCUT2D eigenvalue weighted by Gasteiger charge is 2.47. The lowest BCUT2D eigenvalue weighted by molar-refractivity contribution is -0.139. The lowest BCUT2D eigenvalue weighted by Crippen LogP contribution is -2.58. The van der Waals surface area contributed by atoms with E-state index in [1.165, 1.54) is 12.1 Å². The van der Waals surface area contributed by atoms with Gasteiger partial charge in [-0.1, -0.05) is 56.3 Å². The van der Waals surface area contributed by atoms with Crippen LogP contribution in [0.1, 0.15) is 50.3 Å². The fourth-order valence-electron chi connectivity index (χ4n) is 5.79. The van der Waals surface area contributed by atoms with Crippen LogP contribution in [0.25, 0.3) is 0 Å². The molecular weight excluding hydrogens is 527 g/mol. The van der Waals surface area contributed by atoms with Crippen LogP contribution >= 0.6 is 0 Å². The molecule has 0 saturated carbocycles. The van der Waals surface area contributed by atoms with E-state index in [0.29, 0.717) is 37.5 Å². The number of piperazine rings is 1. The van der Waals surface area contributed by atoms with Crippen LogP contribution in [-0.2, 0) is 14.6 Å². The molecule has 2 atom stereocenters. The van der Waals surface area contributed by atoms with Gasteiger partial charge in [0.25, 0.3) is 9.84 Å². The first-order chi connectivity index (χ1) is 18.4. The monoisotopic (exact) mass is 565 g/mol. The molecule has 2 aromatic rings. The van der Waals surface area contributed by atoms with Gasteiger partial charge in [-0.15, -0.1) is 0 Å². The van der Waals surface area contributed by atoms with E-state index in [9.17, 15) is 26.4 Å². The van der Waals surface area contributed by atoms with Crippen molar-refractivity contribution >= 4 is 15.7 Å². The highest BCUT2D eigenvalue weighted by atomic mass is 32.2. The van der Waals surface area contributed by atoms with Crippen molar-refractivity contribution in [3.05, 3.63) is 65.7 Å². The molecule has 2 aliphatic rings. The van der Waals surface area contributed by atoms with E-state index in [-0.39, 0.29) is 23.9 Å². The third-order valence-electron chi connectivity index (χ3n) is 8.13. The van der Waals surface area contributed by atoms with E-state index < -0.39 is 20.2 Å². The lowest BCUT2D eigenvalue weighted by Gasteiger charge is -2.47. The Morgan fingerprint density at radius 1 is 0.923 bits per heavy atom. The highest BCUT2D eigenvalue weighted by molar-refractivity contribution is 7.92. The maximum atomic E-state index is 13.4. The Labute approximate surface area is 229 Å². The standard InChI is InChI=1S/C29H38F3N3O3S/c1-21(2)26-20-34(17-18-35(26)27(36)19-22-13-15-33(3)16-14-22)28(23-7-5-4-6-8-23)24-9-11-25(12-10-24)39(37,38)29(30,31)32/h4-12,21-22,26,28H,13-20H2,1-3H3. The minimum absolute atomic E-state index is 0.00592. The van der Waals surface area contributed by atoms with E-state index in [1.807, 2.05) is 35.2 Å². The Morgan fingerprint density at radius 2 is 1.51 bits per heavy atom. The largest absolute Gasteiger partial charge is 0.501 e. The van der Waals surface area contributed by atoms with Crippen LogP contribution < -0.4 is 0 Å². The molecule has 10 heteroatoms. The summed E-state index contributed by atoms with van der Waals surface area (Å²) in [4.78, 5) is 19.3. The molecule has 1 amide bonds. The summed E-state index contributed by atoms with van der Waals surface area (Å²) in [5.41, 5.74) is -3.69. The second kappa shape index (κ2) is 12.0. The Balaban J connectivity index is 1.57. The minimum atomic E-state index is -5.42. The topological polar surface area (TPSA) is 60.9 Å². The van der Waals surface area contributed by atoms with Crippen LogP contribution in [0.2, 0.25) is 0 Å². The number of nitrogens with zero attached hydrogens (tertiary/aromatic N) is 3. The molecule has 4 rings (SSSR count). The van der Waals surface area contributed by atoms with E-state index in [0.717, 1.165) is 43.6 Å². The van der Waals surface area contributed by atoms with Gasteiger partial charge in [0.1, 0.15) is 0 Å². The Hall–Kier alpha value is -2.43. The summed E-state index contributed by atoms with van der Waals surface area (Å²) in [5, 5.41) is 0. The predicted molar refractivity (Wildman–Crippen MR) is 145 cm³/mol. The summed E-state index contributed by atoms with van der Waals surface area (Å²) in [6.07, 6.45) is 2.63. The van der Waals surface area contributed by atoms with Crippen LogP contribution in [0.5, 0.6) is 0 Å². The minimum Gasteiger partial charge on any atom is -0.337 e. The lowest BCUT2D eigenvalue weighted by atomic mass is 9.90. The number of benzene rings is 2. The van der Waals surface area contributed by atoms with Crippen molar-refractivity contribution in [2.24, 2.45) is 11.8 Å². The van der Waals surface area contributed by atoms with Gasteiger partial charge in [-0.3, -0.25) is 9.69 Å². The molecule has 39 heavy (non-hydrogen) atoms. The molecule has 2 unspecified atom stereocenters. The number of hydrogen-bond donors (Lipinski definition) is 0. The zero-order valence-electron chi connectivity index (χ0n) is 22.8. The molecule has 0 spiro atoms. The van der Waals surface area contributed by atoms with Crippen molar-refractivity contribution in [3.63, 3.8) is 0 Å². The number of hydrogen-bond acceptors (Lipinski definition) is 5. The molecule has 2 aliphatic heterocycles. The average Bonchev–Trinajstić information content (AvgIpc) is 2.90. The van der Waals surface area contributed by atoms with Gasteiger partial charge in [0.2, 0.25) is 5.91 Å². The second-order valence-corrected chi connectivity index (χ2v) is 13.1.